The number of ether oxygens (including phenoxy) is 1. The molecule has 1 aromatic carbocycles. The van der Waals surface area contributed by atoms with Crippen molar-refractivity contribution in [3.8, 4) is 0 Å². The number of carbonyl (C=O) groups excluding carboxylic acids is 1. The van der Waals surface area contributed by atoms with E-state index in [9.17, 15) is 14.9 Å². The van der Waals surface area contributed by atoms with Gasteiger partial charge in [0.1, 0.15) is 6.10 Å². The third-order valence-electron chi connectivity index (χ3n) is 11.8. The molecule has 0 bridgehead atoms. The molecule has 1 aromatic rings. The summed E-state index contributed by atoms with van der Waals surface area (Å²) in [6, 6.07) is 5.87. The summed E-state index contributed by atoms with van der Waals surface area (Å²) in [7, 11) is 0. The Balaban J connectivity index is 1.25. The van der Waals surface area contributed by atoms with E-state index >= 15 is 0 Å². The SMILES string of the molecule is CC(C)CCC[C@H](C)[C@H]1CC[C@H]2[C@@H]3CC=C4C[C@H](OC(=O)c5cccc([N+](=O)[O-])c5)CC[C@]4(C)[C@H]3CC[C@]12C. The third kappa shape index (κ3) is 5.32. The van der Waals surface area contributed by atoms with Crippen LogP contribution in [0.25, 0.3) is 0 Å². The zero-order valence-corrected chi connectivity index (χ0v) is 24.8. The lowest BCUT2D eigenvalue weighted by molar-refractivity contribution is -0.384. The zero-order valence-electron chi connectivity index (χ0n) is 24.8. The quantitative estimate of drug-likeness (QED) is 0.144. The lowest BCUT2D eigenvalue weighted by atomic mass is 9.47. The zero-order chi connectivity index (χ0) is 27.9. The van der Waals surface area contributed by atoms with E-state index in [0.29, 0.717) is 5.41 Å². The largest absolute Gasteiger partial charge is 0.458 e. The normalized spacial score (nSPS) is 36.4. The van der Waals surface area contributed by atoms with Crippen LogP contribution in [-0.4, -0.2) is 17.0 Å². The predicted octanol–water partition coefficient (Wildman–Crippen LogP) is 9.16. The molecule has 39 heavy (non-hydrogen) atoms. The Labute approximate surface area is 235 Å². The number of hydrogen-bond acceptors (Lipinski definition) is 4. The van der Waals surface area contributed by atoms with Gasteiger partial charge in [-0.1, -0.05) is 71.6 Å². The first-order chi connectivity index (χ1) is 18.5. The standard InChI is InChI=1S/C34H49NO4/c1-22(2)8-6-9-23(3)29-14-15-30-28-13-12-25-21-27(16-18-33(25,4)31(28)17-19-34(29,30)5)39-32(36)24-10-7-11-26(20-24)35(37)38/h7,10-12,20,22-23,27-31H,6,8-9,13-19,21H2,1-5H3/t23-,27+,28-,29+,30-,31-,33-,34+/m0/s1. The van der Waals surface area contributed by atoms with E-state index < -0.39 is 10.9 Å². The maximum Gasteiger partial charge on any atom is 0.338 e. The van der Waals surface area contributed by atoms with Gasteiger partial charge in [-0.25, -0.2) is 4.79 Å². The second kappa shape index (κ2) is 11.0. The fraction of sp³-hybridized carbons (Fsp3) is 0.735. The molecule has 4 aliphatic rings. The average Bonchev–Trinajstić information content (AvgIpc) is 3.26. The van der Waals surface area contributed by atoms with Crippen molar-refractivity contribution in [1.82, 2.24) is 0 Å². The van der Waals surface area contributed by atoms with Gasteiger partial charge in [-0.3, -0.25) is 10.1 Å². The van der Waals surface area contributed by atoms with Crippen LogP contribution in [0.2, 0.25) is 0 Å². The van der Waals surface area contributed by atoms with Crippen molar-refractivity contribution in [3.63, 3.8) is 0 Å². The molecule has 0 saturated heterocycles. The Bertz CT molecular complexity index is 1110. The van der Waals surface area contributed by atoms with Gasteiger partial charge in [0.25, 0.3) is 5.69 Å². The van der Waals surface area contributed by atoms with Crippen LogP contribution in [0.5, 0.6) is 0 Å². The van der Waals surface area contributed by atoms with Crippen LogP contribution in [0.4, 0.5) is 5.69 Å². The summed E-state index contributed by atoms with van der Waals surface area (Å²) >= 11 is 0. The average molecular weight is 536 g/mol. The fourth-order valence-corrected chi connectivity index (χ4v) is 9.72. The summed E-state index contributed by atoms with van der Waals surface area (Å²) in [5.74, 6) is 4.42. The van der Waals surface area contributed by atoms with Crippen LogP contribution >= 0.6 is 0 Å². The highest BCUT2D eigenvalue weighted by atomic mass is 16.6. The van der Waals surface area contributed by atoms with Gasteiger partial charge in [0.15, 0.2) is 0 Å². The van der Waals surface area contributed by atoms with Gasteiger partial charge in [0, 0.05) is 18.6 Å². The van der Waals surface area contributed by atoms with E-state index in [2.05, 4.69) is 40.7 Å². The highest BCUT2D eigenvalue weighted by Crippen LogP contribution is 2.67. The molecule has 0 unspecified atom stereocenters. The first-order valence-electron chi connectivity index (χ1n) is 15.7. The fourth-order valence-electron chi connectivity index (χ4n) is 9.72. The molecular formula is C34H49NO4. The van der Waals surface area contributed by atoms with Crippen LogP contribution in [0.3, 0.4) is 0 Å². The van der Waals surface area contributed by atoms with Crippen LogP contribution in [-0.2, 0) is 4.74 Å². The molecule has 0 aliphatic heterocycles. The number of rotatable bonds is 8. The molecule has 0 heterocycles. The number of esters is 1. The molecule has 5 heteroatoms. The van der Waals surface area contributed by atoms with Crippen molar-refractivity contribution in [2.75, 3.05) is 0 Å². The van der Waals surface area contributed by atoms with Crippen molar-refractivity contribution in [2.45, 2.75) is 111 Å². The summed E-state index contributed by atoms with van der Waals surface area (Å²) < 4.78 is 5.91. The smallest absolute Gasteiger partial charge is 0.338 e. The number of benzene rings is 1. The Morgan fingerprint density at radius 2 is 1.87 bits per heavy atom. The Hall–Kier alpha value is -2.17. The third-order valence-corrected chi connectivity index (χ3v) is 11.8. The molecule has 0 N–H and O–H groups in total. The molecule has 0 spiro atoms. The van der Waals surface area contributed by atoms with Gasteiger partial charge < -0.3 is 4.74 Å². The topological polar surface area (TPSA) is 69.4 Å². The molecule has 5 rings (SSSR count). The minimum Gasteiger partial charge on any atom is -0.458 e. The molecule has 8 atom stereocenters. The molecule has 3 fully saturated rings. The first kappa shape index (κ1) is 28.4. The molecule has 0 radical (unpaired) electrons. The molecule has 5 nitrogen and oxygen atoms in total. The van der Waals surface area contributed by atoms with Gasteiger partial charge >= 0.3 is 5.97 Å². The van der Waals surface area contributed by atoms with Crippen molar-refractivity contribution < 1.29 is 14.5 Å². The number of carbonyl (C=O) groups is 1. The number of hydrogen-bond donors (Lipinski definition) is 0. The minimum absolute atomic E-state index is 0.0786. The number of non-ortho nitro benzene ring substituents is 1. The van der Waals surface area contributed by atoms with Gasteiger partial charge in [0.05, 0.1) is 10.5 Å². The maximum absolute atomic E-state index is 12.8. The summed E-state index contributed by atoms with van der Waals surface area (Å²) in [6.07, 6.45) is 15.9. The molecule has 3 saturated carbocycles. The summed E-state index contributed by atoms with van der Waals surface area (Å²) in [5.41, 5.74) is 2.37. The van der Waals surface area contributed by atoms with Gasteiger partial charge in [-0.05, 0) is 97.3 Å². The number of nitro groups is 1. The number of allylic oxidation sites excluding steroid dienone is 1. The molecular weight excluding hydrogens is 486 g/mol. The lowest BCUT2D eigenvalue weighted by Crippen LogP contribution is -2.51. The maximum atomic E-state index is 12.8. The van der Waals surface area contributed by atoms with Gasteiger partial charge in [-0.2, -0.15) is 0 Å². The van der Waals surface area contributed by atoms with E-state index in [1.807, 2.05) is 0 Å². The Morgan fingerprint density at radius 1 is 1.08 bits per heavy atom. The second-order valence-corrected chi connectivity index (χ2v) is 14.4. The highest BCUT2D eigenvalue weighted by molar-refractivity contribution is 5.90. The Morgan fingerprint density at radius 3 is 2.62 bits per heavy atom. The van der Waals surface area contributed by atoms with Gasteiger partial charge in [-0.15, -0.1) is 0 Å². The van der Waals surface area contributed by atoms with Crippen molar-refractivity contribution in [2.24, 2.45) is 46.3 Å². The molecule has 0 aromatic heterocycles. The number of fused-ring (bicyclic) bond motifs is 5. The summed E-state index contributed by atoms with van der Waals surface area (Å²) in [6.45, 7) is 12.4. The van der Waals surface area contributed by atoms with E-state index in [1.54, 1.807) is 12.1 Å². The van der Waals surface area contributed by atoms with E-state index in [-0.39, 0.29) is 22.8 Å². The summed E-state index contributed by atoms with van der Waals surface area (Å²) in [4.78, 5) is 23.5. The highest BCUT2D eigenvalue weighted by Gasteiger charge is 2.59. The monoisotopic (exact) mass is 535 g/mol. The van der Waals surface area contributed by atoms with E-state index in [4.69, 9.17) is 4.74 Å². The van der Waals surface area contributed by atoms with Crippen LogP contribution in [0, 0.1) is 56.5 Å². The minimum atomic E-state index is -0.471. The van der Waals surface area contributed by atoms with Crippen LogP contribution < -0.4 is 0 Å². The van der Waals surface area contributed by atoms with Crippen molar-refractivity contribution in [1.29, 1.82) is 0 Å². The predicted molar refractivity (Wildman–Crippen MR) is 155 cm³/mol. The van der Waals surface area contributed by atoms with E-state index in [1.165, 1.54) is 69.1 Å². The summed E-state index contributed by atoms with van der Waals surface area (Å²) in [5, 5.41) is 11.1. The number of nitrogens with zero attached hydrogens (tertiary/aromatic N) is 1. The van der Waals surface area contributed by atoms with Crippen LogP contribution in [0.15, 0.2) is 35.9 Å². The molecule has 4 aliphatic carbocycles. The van der Waals surface area contributed by atoms with Crippen molar-refractivity contribution in [3.05, 3.63) is 51.6 Å². The Kier molecular flexibility index (Phi) is 8.01. The second-order valence-electron chi connectivity index (χ2n) is 14.4. The lowest BCUT2D eigenvalue weighted by Gasteiger charge is -2.58. The first-order valence-corrected chi connectivity index (χ1v) is 15.7. The van der Waals surface area contributed by atoms with Crippen LogP contribution in [0.1, 0.15) is 116 Å². The van der Waals surface area contributed by atoms with Gasteiger partial charge in [0.2, 0.25) is 0 Å². The van der Waals surface area contributed by atoms with E-state index in [0.717, 1.165) is 54.8 Å². The van der Waals surface area contributed by atoms with Crippen molar-refractivity contribution >= 4 is 11.7 Å². The molecule has 0 amide bonds. The molecule has 214 valence electrons. The number of nitro benzene ring substituents is 1.